The van der Waals surface area contributed by atoms with Gasteiger partial charge in [0.25, 0.3) is 0 Å². The predicted octanol–water partition coefficient (Wildman–Crippen LogP) is 2.32. The molecule has 0 saturated carbocycles. The van der Waals surface area contributed by atoms with Crippen LogP contribution in [0.15, 0.2) is 29.3 Å². The van der Waals surface area contributed by atoms with Crippen molar-refractivity contribution in [3.8, 4) is 0 Å². The zero-order valence-electron chi connectivity index (χ0n) is 17.1. The van der Waals surface area contributed by atoms with Crippen LogP contribution in [-0.4, -0.2) is 68.1 Å². The number of benzene rings is 1. The molecule has 5 nitrogen and oxygen atoms in total. The second-order valence-corrected chi connectivity index (χ2v) is 7.40. The first-order valence-corrected chi connectivity index (χ1v) is 10.1. The van der Waals surface area contributed by atoms with E-state index in [4.69, 9.17) is 4.99 Å². The first-order chi connectivity index (χ1) is 12.6. The third-order valence-electron chi connectivity index (χ3n) is 4.98. The van der Waals surface area contributed by atoms with Crippen LogP contribution < -0.4 is 10.6 Å². The molecule has 0 bridgehead atoms. The number of aryl methyl sites for hydroxylation is 1. The minimum Gasteiger partial charge on any atom is -0.357 e. The third-order valence-corrected chi connectivity index (χ3v) is 4.98. The summed E-state index contributed by atoms with van der Waals surface area (Å²) in [5.74, 6) is 1.52. The Morgan fingerprint density at radius 2 is 1.69 bits per heavy atom. The Morgan fingerprint density at radius 3 is 2.31 bits per heavy atom. The van der Waals surface area contributed by atoms with Crippen LogP contribution in [0, 0.1) is 12.8 Å². The highest BCUT2D eigenvalue weighted by Crippen LogP contribution is 2.06. The number of nitrogens with zero attached hydrogens (tertiary/aromatic N) is 3. The summed E-state index contributed by atoms with van der Waals surface area (Å²) in [6.07, 6.45) is 0. The average Bonchev–Trinajstić information content (AvgIpc) is 2.66. The van der Waals surface area contributed by atoms with E-state index in [9.17, 15) is 0 Å². The summed E-state index contributed by atoms with van der Waals surface area (Å²) in [7, 11) is 0. The fourth-order valence-corrected chi connectivity index (χ4v) is 3.27. The van der Waals surface area contributed by atoms with Crippen LogP contribution in [0.2, 0.25) is 0 Å². The van der Waals surface area contributed by atoms with Crippen molar-refractivity contribution in [3.63, 3.8) is 0 Å². The molecular weight excluding hydrogens is 322 g/mol. The predicted molar refractivity (Wildman–Crippen MR) is 112 cm³/mol. The van der Waals surface area contributed by atoms with Gasteiger partial charge in [-0.05, 0) is 31.9 Å². The number of nitrogens with one attached hydrogen (secondary N) is 2. The molecule has 26 heavy (non-hydrogen) atoms. The average molecular weight is 360 g/mol. The van der Waals surface area contributed by atoms with Crippen LogP contribution in [-0.2, 0) is 6.54 Å². The molecule has 146 valence electrons. The highest BCUT2D eigenvalue weighted by atomic mass is 15.3. The zero-order valence-corrected chi connectivity index (χ0v) is 17.1. The minimum absolute atomic E-state index is 0.603. The molecular formula is C21H37N5. The van der Waals surface area contributed by atoms with Crippen LogP contribution in [0.3, 0.4) is 0 Å². The molecule has 0 radical (unpaired) electrons. The Hall–Kier alpha value is -1.59. The molecule has 0 amide bonds. The standard InChI is InChI=1S/C21H37N5/c1-5-22-21(24-16-20-9-7-18(3)8-10-20)23-15-19(4)17-26-13-11-25(6-2)12-14-26/h7-10,19H,5-6,11-17H2,1-4H3,(H2,22,23,24). The highest BCUT2D eigenvalue weighted by Gasteiger charge is 2.17. The van der Waals surface area contributed by atoms with Gasteiger partial charge in [0.15, 0.2) is 5.96 Å². The summed E-state index contributed by atoms with van der Waals surface area (Å²) in [6.45, 7) is 18.5. The van der Waals surface area contributed by atoms with E-state index in [-0.39, 0.29) is 0 Å². The molecule has 1 atom stereocenters. The molecule has 5 heteroatoms. The molecule has 1 fully saturated rings. The summed E-state index contributed by atoms with van der Waals surface area (Å²) in [5, 5.41) is 6.87. The first-order valence-electron chi connectivity index (χ1n) is 10.1. The number of piperazine rings is 1. The van der Waals surface area contributed by atoms with E-state index in [1.165, 1.54) is 43.9 Å². The lowest BCUT2D eigenvalue weighted by Crippen LogP contribution is -2.48. The van der Waals surface area contributed by atoms with Gasteiger partial charge >= 0.3 is 0 Å². The molecule has 1 aromatic carbocycles. The number of rotatable bonds is 8. The van der Waals surface area contributed by atoms with E-state index in [0.29, 0.717) is 12.5 Å². The molecule has 1 aliphatic heterocycles. The van der Waals surface area contributed by atoms with Gasteiger partial charge in [0.2, 0.25) is 0 Å². The minimum atomic E-state index is 0.603. The number of hydrogen-bond acceptors (Lipinski definition) is 3. The van der Waals surface area contributed by atoms with Gasteiger partial charge in [0.05, 0.1) is 6.54 Å². The van der Waals surface area contributed by atoms with Crippen molar-refractivity contribution in [1.29, 1.82) is 0 Å². The molecule has 1 heterocycles. The molecule has 2 N–H and O–H groups in total. The van der Waals surface area contributed by atoms with Crippen molar-refractivity contribution in [2.24, 2.45) is 10.9 Å². The Bertz CT molecular complexity index is 532. The van der Waals surface area contributed by atoms with Gasteiger partial charge in [-0.25, -0.2) is 4.99 Å². The smallest absolute Gasteiger partial charge is 0.191 e. The van der Waals surface area contributed by atoms with Crippen molar-refractivity contribution in [2.45, 2.75) is 34.2 Å². The summed E-state index contributed by atoms with van der Waals surface area (Å²) in [6, 6.07) is 8.60. The van der Waals surface area contributed by atoms with E-state index < -0.39 is 0 Å². The Morgan fingerprint density at radius 1 is 1.04 bits per heavy atom. The summed E-state index contributed by atoms with van der Waals surface area (Å²) >= 11 is 0. The molecule has 2 rings (SSSR count). The quantitative estimate of drug-likeness (QED) is 0.552. The van der Waals surface area contributed by atoms with Crippen LogP contribution in [0.4, 0.5) is 0 Å². The largest absolute Gasteiger partial charge is 0.357 e. The van der Waals surface area contributed by atoms with Crippen molar-refractivity contribution in [1.82, 2.24) is 20.4 Å². The Balaban J connectivity index is 1.76. The normalized spacial score (nSPS) is 17.9. The van der Waals surface area contributed by atoms with Gasteiger partial charge in [-0.15, -0.1) is 0 Å². The molecule has 1 unspecified atom stereocenters. The van der Waals surface area contributed by atoms with Gasteiger partial charge in [-0.2, -0.15) is 0 Å². The van der Waals surface area contributed by atoms with Crippen LogP contribution >= 0.6 is 0 Å². The van der Waals surface area contributed by atoms with Gasteiger partial charge in [0, 0.05) is 45.8 Å². The van der Waals surface area contributed by atoms with Crippen LogP contribution in [0.1, 0.15) is 31.9 Å². The highest BCUT2D eigenvalue weighted by molar-refractivity contribution is 5.79. The van der Waals surface area contributed by atoms with Crippen LogP contribution in [0.5, 0.6) is 0 Å². The lowest BCUT2D eigenvalue weighted by Gasteiger charge is -2.35. The molecule has 0 spiro atoms. The summed E-state index contributed by atoms with van der Waals surface area (Å²) < 4.78 is 0. The first kappa shape index (κ1) is 20.7. The second kappa shape index (κ2) is 11.2. The van der Waals surface area contributed by atoms with Crippen molar-refractivity contribution < 1.29 is 0 Å². The monoisotopic (exact) mass is 359 g/mol. The van der Waals surface area contributed by atoms with Crippen molar-refractivity contribution >= 4 is 5.96 Å². The Labute approximate surface area is 159 Å². The number of hydrogen-bond donors (Lipinski definition) is 2. The maximum atomic E-state index is 4.73. The molecule has 0 aliphatic carbocycles. The van der Waals surface area contributed by atoms with E-state index in [1.54, 1.807) is 0 Å². The van der Waals surface area contributed by atoms with Crippen LogP contribution in [0.25, 0.3) is 0 Å². The van der Waals surface area contributed by atoms with E-state index in [2.05, 4.69) is 72.4 Å². The van der Waals surface area contributed by atoms with Gasteiger partial charge in [0.1, 0.15) is 0 Å². The second-order valence-electron chi connectivity index (χ2n) is 7.40. The van der Waals surface area contributed by atoms with E-state index >= 15 is 0 Å². The van der Waals surface area contributed by atoms with Gasteiger partial charge in [-0.1, -0.05) is 43.7 Å². The van der Waals surface area contributed by atoms with Crippen molar-refractivity contribution in [3.05, 3.63) is 35.4 Å². The lowest BCUT2D eigenvalue weighted by molar-refractivity contribution is 0.124. The zero-order chi connectivity index (χ0) is 18.8. The maximum Gasteiger partial charge on any atom is 0.191 e. The SMILES string of the molecule is CCNC(=NCc1ccc(C)cc1)NCC(C)CN1CCN(CC)CC1. The fourth-order valence-electron chi connectivity index (χ4n) is 3.27. The topological polar surface area (TPSA) is 42.9 Å². The summed E-state index contributed by atoms with van der Waals surface area (Å²) in [5.41, 5.74) is 2.53. The van der Waals surface area contributed by atoms with Gasteiger partial charge < -0.3 is 20.4 Å². The van der Waals surface area contributed by atoms with E-state index in [1.807, 2.05) is 0 Å². The third kappa shape index (κ3) is 7.34. The summed E-state index contributed by atoms with van der Waals surface area (Å²) in [4.78, 5) is 9.85. The van der Waals surface area contributed by atoms with E-state index in [0.717, 1.165) is 25.6 Å². The molecule has 1 aliphatic rings. The fraction of sp³-hybridized carbons (Fsp3) is 0.667. The van der Waals surface area contributed by atoms with Gasteiger partial charge in [-0.3, -0.25) is 0 Å². The molecule has 1 saturated heterocycles. The molecule has 1 aromatic rings. The number of guanidine groups is 1. The maximum absolute atomic E-state index is 4.73. The van der Waals surface area contributed by atoms with Crippen molar-refractivity contribution in [2.75, 3.05) is 52.4 Å². The number of likely N-dealkylation sites (N-methyl/N-ethyl adjacent to an activating group) is 1. The Kier molecular flexibility index (Phi) is 8.92. The lowest BCUT2D eigenvalue weighted by atomic mass is 10.1. The number of aliphatic imine (C=N–C) groups is 1. The molecule has 0 aromatic heterocycles.